The molecule has 0 aromatic carbocycles. The van der Waals surface area contributed by atoms with Gasteiger partial charge in [0.25, 0.3) is 0 Å². The molecule has 1 aliphatic heterocycles. The van der Waals surface area contributed by atoms with Crippen LogP contribution in [0.3, 0.4) is 0 Å². The molecule has 0 aliphatic carbocycles. The highest BCUT2D eigenvalue weighted by Gasteiger charge is 2.29. The number of aliphatic hydroxyl groups excluding tert-OH is 1. The summed E-state index contributed by atoms with van der Waals surface area (Å²) in [6.45, 7) is 3.36. The molecule has 2 N–H and O–H groups in total. The van der Waals surface area contributed by atoms with Gasteiger partial charge in [0.2, 0.25) is 0 Å². The largest absolute Gasteiger partial charge is 0.394 e. The van der Waals surface area contributed by atoms with Crippen LogP contribution in [-0.4, -0.2) is 23.8 Å². The fraction of sp³-hybridized carbons (Fsp3) is 1.00. The first-order chi connectivity index (χ1) is 3.27. The Hall–Kier alpha value is 0.210. The van der Waals surface area contributed by atoms with Gasteiger partial charge < -0.3 is 10.4 Å². The molecule has 1 fully saturated rings. The van der Waals surface area contributed by atoms with Crippen LogP contribution in [0.5, 0.6) is 0 Å². The zero-order valence-corrected chi connectivity index (χ0v) is 5.79. The molecule has 0 saturated carbocycles. The molecule has 0 radical (unpaired) electrons. The molecule has 8 heavy (non-hydrogen) atoms. The van der Waals surface area contributed by atoms with Gasteiger partial charge in [0.15, 0.2) is 0 Å². The van der Waals surface area contributed by atoms with Crippen LogP contribution in [0.15, 0.2) is 0 Å². The minimum absolute atomic E-state index is 0. The maximum atomic E-state index is 8.58. The maximum Gasteiger partial charge on any atom is 0.0611 e. The molecule has 1 heterocycles. The van der Waals surface area contributed by atoms with Crippen molar-refractivity contribution < 1.29 is 5.11 Å². The lowest BCUT2D eigenvalue weighted by Crippen LogP contribution is -2.57. The van der Waals surface area contributed by atoms with E-state index in [-0.39, 0.29) is 24.6 Å². The Morgan fingerprint density at radius 3 is 2.25 bits per heavy atom. The lowest BCUT2D eigenvalue weighted by molar-refractivity contribution is 0.117. The van der Waals surface area contributed by atoms with E-state index in [9.17, 15) is 0 Å². The van der Waals surface area contributed by atoms with Crippen LogP contribution in [0, 0.1) is 0 Å². The number of halogens is 1. The fourth-order valence-electron chi connectivity index (χ4n) is 0.687. The summed E-state index contributed by atoms with van der Waals surface area (Å²) in [7, 11) is 0. The van der Waals surface area contributed by atoms with Crippen LogP contribution in [0.4, 0.5) is 0 Å². The third kappa shape index (κ3) is 1.34. The minimum Gasteiger partial charge on any atom is -0.394 e. The smallest absolute Gasteiger partial charge is 0.0611 e. The average molecular weight is 138 g/mol. The summed E-state index contributed by atoms with van der Waals surface area (Å²) in [6, 6.07) is 0. The van der Waals surface area contributed by atoms with Crippen LogP contribution in [0.2, 0.25) is 0 Å². The van der Waals surface area contributed by atoms with Crippen molar-refractivity contribution in [3.63, 3.8) is 0 Å². The fourth-order valence-corrected chi connectivity index (χ4v) is 0.687. The second-order valence-electron chi connectivity index (χ2n) is 2.40. The van der Waals surface area contributed by atoms with Gasteiger partial charge in [-0.1, -0.05) is 0 Å². The highest BCUT2D eigenvalue weighted by Crippen LogP contribution is 2.15. The molecule has 1 saturated heterocycles. The molecule has 0 spiro atoms. The molecular weight excluding hydrogens is 126 g/mol. The first-order valence-electron chi connectivity index (χ1n) is 2.63. The summed E-state index contributed by atoms with van der Waals surface area (Å²) in [5.41, 5.74) is 0.0694. The molecule has 0 aromatic heterocycles. The Morgan fingerprint density at radius 1 is 1.75 bits per heavy atom. The van der Waals surface area contributed by atoms with Gasteiger partial charge in [-0.25, -0.2) is 0 Å². The van der Waals surface area contributed by atoms with Crippen LogP contribution in [0.1, 0.15) is 13.3 Å². The van der Waals surface area contributed by atoms with E-state index in [2.05, 4.69) is 5.32 Å². The molecular formula is C5H12ClNO. The van der Waals surface area contributed by atoms with Crippen molar-refractivity contribution >= 4 is 12.4 Å². The zero-order chi connectivity index (χ0) is 5.33. The van der Waals surface area contributed by atoms with Crippen molar-refractivity contribution in [2.45, 2.75) is 18.9 Å². The normalized spacial score (nSPS) is 35.2. The van der Waals surface area contributed by atoms with Gasteiger partial charge in [0, 0.05) is 5.54 Å². The van der Waals surface area contributed by atoms with Crippen molar-refractivity contribution in [1.82, 2.24) is 5.32 Å². The minimum atomic E-state index is 0. The second-order valence-corrected chi connectivity index (χ2v) is 2.40. The highest BCUT2D eigenvalue weighted by atomic mass is 35.5. The first kappa shape index (κ1) is 8.21. The second kappa shape index (κ2) is 2.67. The van der Waals surface area contributed by atoms with Crippen LogP contribution in [0.25, 0.3) is 0 Å². The Balaban J connectivity index is 0.000000490. The van der Waals surface area contributed by atoms with Crippen molar-refractivity contribution in [1.29, 1.82) is 0 Å². The summed E-state index contributed by atoms with van der Waals surface area (Å²) in [6.07, 6.45) is 1.11. The van der Waals surface area contributed by atoms with Crippen molar-refractivity contribution in [3.8, 4) is 0 Å². The molecule has 1 aliphatic rings. The first-order valence-corrected chi connectivity index (χ1v) is 2.63. The summed E-state index contributed by atoms with van der Waals surface area (Å²) >= 11 is 0. The van der Waals surface area contributed by atoms with E-state index in [1.54, 1.807) is 0 Å². The average Bonchev–Trinajstić information content (AvgIpc) is 1.61. The number of nitrogens with one attached hydrogen (secondary N) is 1. The third-order valence-corrected chi connectivity index (χ3v) is 1.58. The van der Waals surface area contributed by atoms with E-state index in [1.807, 2.05) is 6.92 Å². The molecule has 0 bridgehead atoms. The zero-order valence-electron chi connectivity index (χ0n) is 4.98. The molecule has 0 unspecified atom stereocenters. The Morgan fingerprint density at radius 2 is 2.25 bits per heavy atom. The van der Waals surface area contributed by atoms with E-state index in [0.717, 1.165) is 13.0 Å². The van der Waals surface area contributed by atoms with Crippen LogP contribution >= 0.6 is 12.4 Å². The van der Waals surface area contributed by atoms with E-state index in [4.69, 9.17) is 5.11 Å². The van der Waals surface area contributed by atoms with E-state index in [1.165, 1.54) is 0 Å². The number of hydrogen-bond acceptors (Lipinski definition) is 2. The Labute approximate surface area is 55.7 Å². The van der Waals surface area contributed by atoms with Gasteiger partial charge in [-0.3, -0.25) is 0 Å². The van der Waals surface area contributed by atoms with Gasteiger partial charge in [-0.15, -0.1) is 12.4 Å². The molecule has 50 valence electrons. The maximum absolute atomic E-state index is 8.58. The quantitative estimate of drug-likeness (QED) is 0.540. The third-order valence-electron chi connectivity index (χ3n) is 1.58. The summed E-state index contributed by atoms with van der Waals surface area (Å²) < 4.78 is 0. The molecule has 1 rings (SSSR count). The monoisotopic (exact) mass is 137 g/mol. The summed E-state index contributed by atoms with van der Waals surface area (Å²) in [5, 5.41) is 11.7. The molecule has 0 amide bonds. The molecule has 1 atom stereocenters. The molecule has 3 heteroatoms. The summed E-state index contributed by atoms with van der Waals surface area (Å²) in [4.78, 5) is 0. The Kier molecular flexibility index (Phi) is 2.74. The van der Waals surface area contributed by atoms with Crippen LogP contribution in [-0.2, 0) is 0 Å². The Bertz CT molecular complexity index is 67.3. The summed E-state index contributed by atoms with van der Waals surface area (Å²) in [5.74, 6) is 0. The van der Waals surface area contributed by atoms with Gasteiger partial charge in [0.05, 0.1) is 6.61 Å². The van der Waals surface area contributed by atoms with Crippen molar-refractivity contribution in [2.24, 2.45) is 0 Å². The van der Waals surface area contributed by atoms with Crippen molar-refractivity contribution in [2.75, 3.05) is 13.2 Å². The van der Waals surface area contributed by atoms with E-state index >= 15 is 0 Å². The molecule has 0 aromatic rings. The SMILES string of the molecule is C[C@@]1(CO)CCN1.Cl. The number of hydrogen-bond donors (Lipinski definition) is 2. The van der Waals surface area contributed by atoms with Crippen LogP contribution < -0.4 is 5.32 Å². The highest BCUT2D eigenvalue weighted by molar-refractivity contribution is 5.85. The lowest BCUT2D eigenvalue weighted by atomic mass is 9.92. The lowest BCUT2D eigenvalue weighted by Gasteiger charge is -2.38. The van der Waals surface area contributed by atoms with Gasteiger partial charge in [-0.05, 0) is 19.9 Å². The standard InChI is InChI=1S/C5H11NO.ClH/c1-5(4-7)2-3-6-5;/h6-7H,2-4H2,1H3;1H/t5-;/m0./s1. The van der Waals surface area contributed by atoms with Gasteiger partial charge in [-0.2, -0.15) is 0 Å². The molecule has 2 nitrogen and oxygen atoms in total. The van der Waals surface area contributed by atoms with Gasteiger partial charge >= 0.3 is 0 Å². The number of aliphatic hydroxyl groups is 1. The predicted octanol–water partition coefficient (Wildman–Crippen LogP) is 0.153. The topological polar surface area (TPSA) is 32.3 Å². The number of rotatable bonds is 1. The van der Waals surface area contributed by atoms with Gasteiger partial charge in [0.1, 0.15) is 0 Å². The van der Waals surface area contributed by atoms with Crippen molar-refractivity contribution in [3.05, 3.63) is 0 Å². The predicted molar refractivity (Wildman–Crippen MR) is 35.4 cm³/mol. The van der Waals surface area contributed by atoms with E-state index < -0.39 is 0 Å². The van der Waals surface area contributed by atoms with E-state index in [0.29, 0.717) is 0 Å².